The Kier molecular flexibility index (Phi) is 6.15. The number of allylic oxidation sites excluding steroid dienone is 2. The second kappa shape index (κ2) is 8.11. The zero-order valence-electron chi connectivity index (χ0n) is 14.5. The fourth-order valence-corrected chi connectivity index (χ4v) is 3.28. The molecule has 0 spiro atoms. The van der Waals surface area contributed by atoms with Crippen LogP contribution < -0.4 is 4.74 Å². The zero-order valence-corrected chi connectivity index (χ0v) is 15.3. The standard InChI is InChI=1S/C19H23NO3S/c1-5-12(2)19-20-14(4)17(24-19)11-23-16-8-6-15(7-9-16)13(3)10-18(21)22/h5-9,13H,10-11H2,1-4H3,(H,21,22)/b12-5+. The molecule has 1 aromatic heterocycles. The number of hydrogen-bond donors (Lipinski definition) is 1. The monoisotopic (exact) mass is 345 g/mol. The highest BCUT2D eigenvalue weighted by Gasteiger charge is 2.11. The van der Waals surface area contributed by atoms with E-state index in [0.29, 0.717) is 6.61 Å². The molecule has 0 aliphatic heterocycles. The molecule has 5 heteroatoms. The van der Waals surface area contributed by atoms with Crippen LogP contribution in [0.15, 0.2) is 30.3 Å². The topological polar surface area (TPSA) is 59.4 Å². The molecule has 0 fully saturated rings. The van der Waals surface area contributed by atoms with Crippen molar-refractivity contribution < 1.29 is 14.6 Å². The van der Waals surface area contributed by atoms with Crippen LogP contribution in [-0.2, 0) is 11.4 Å². The van der Waals surface area contributed by atoms with Crippen molar-refractivity contribution in [2.24, 2.45) is 0 Å². The molecule has 4 nitrogen and oxygen atoms in total. The highest BCUT2D eigenvalue weighted by molar-refractivity contribution is 7.12. The third-order valence-electron chi connectivity index (χ3n) is 3.96. The van der Waals surface area contributed by atoms with Crippen LogP contribution in [-0.4, -0.2) is 16.1 Å². The largest absolute Gasteiger partial charge is 0.488 e. The molecule has 1 N–H and O–H groups in total. The van der Waals surface area contributed by atoms with Gasteiger partial charge >= 0.3 is 5.97 Å². The molecule has 0 radical (unpaired) electrons. The van der Waals surface area contributed by atoms with Gasteiger partial charge in [0.2, 0.25) is 0 Å². The van der Waals surface area contributed by atoms with Crippen LogP contribution in [0.2, 0.25) is 0 Å². The van der Waals surface area contributed by atoms with Gasteiger partial charge in [-0.2, -0.15) is 0 Å². The van der Waals surface area contributed by atoms with Gasteiger partial charge in [-0.05, 0) is 50.0 Å². The molecule has 1 heterocycles. The average molecular weight is 345 g/mol. The molecule has 2 aromatic rings. The first-order valence-corrected chi connectivity index (χ1v) is 8.76. The summed E-state index contributed by atoms with van der Waals surface area (Å²) in [5.41, 5.74) is 3.18. The first-order valence-electron chi connectivity index (χ1n) is 7.94. The molecule has 0 bridgehead atoms. The predicted molar refractivity (Wildman–Crippen MR) is 97.6 cm³/mol. The Bertz CT molecular complexity index is 732. The first-order chi connectivity index (χ1) is 11.4. The average Bonchev–Trinajstić information content (AvgIpc) is 2.93. The number of ether oxygens (including phenoxy) is 1. The maximum Gasteiger partial charge on any atom is 0.303 e. The van der Waals surface area contributed by atoms with E-state index in [1.54, 1.807) is 11.3 Å². The second-order valence-electron chi connectivity index (χ2n) is 5.86. The third-order valence-corrected chi connectivity index (χ3v) is 5.23. The lowest BCUT2D eigenvalue weighted by atomic mass is 9.98. The van der Waals surface area contributed by atoms with Gasteiger partial charge in [-0.3, -0.25) is 4.79 Å². The Labute approximate surface area is 146 Å². The molecule has 1 unspecified atom stereocenters. The maximum absolute atomic E-state index is 10.8. The fraction of sp³-hybridized carbons (Fsp3) is 0.368. The second-order valence-corrected chi connectivity index (χ2v) is 6.94. The van der Waals surface area contributed by atoms with E-state index in [1.807, 2.05) is 45.0 Å². The highest BCUT2D eigenvalue weighted by Crippen LogP contribution is 2.26. The Morgan fingerprint density at radius 3 is 2.62 bits per heavy atom. The fourth-order valence-electron chi connectivity index (χ4n) is 2.28. The summed E-state index contributed by atoms with van der Waals surface area (Å²) in [5, 5.41) is 9.90. The van der Waals surface area contributed by atoms with Crippen molar-refractivity contribution in [3.63, 3.8) is 0 Å². The number of carboxylic acid groups (broad SMARTS) is 1. The van der Waals surface area contributed by atoms with Crippen LogP contribution >= 0.6 is 11.3 Å². The number of aryl methyl sites for hydroxylation is 1. The Morgan fingerprint density at radius 1 is 1.38 bits per heavy atom. The van der Waals surface area contributed by atoms with Crippen molar-refractivity contribution in [3.8, 4) is 5.75 Å². The molecule has 0 saturated carbocycles. The number of hydrogen-bond acceptors (Lipinski definition) is 4. The van der Waals surface area contributed by atoms with E-state index >= 15 is 0 Å². The van der Waals surface area contributed by atoms with Crippen LogP contribution in [0, 0.1) is 6.92 Å². The van der Waals surface area contributed by atoms with Crippen molar-refractivity contribution >= 4 is 22.9 Å². The lowest BCUT2D eigenvalue weighted by Crippen LogP contribution is -2.02. The minimum absolute atomic E-state index is 0.00773. The highest BCUT2D eigenvalue weighted by atomic mass is 32.1. The Morgan fingerprint density at radius 2 is 2.04 bits per heavy atom. The number of aliphatic carboxylic acids is 1. The van der Waals surface area contributed by atoms with Crippen molar-refractivity contribution in [2.75, 3.05) is 0 Å². The molecular weight excluding hydrogens is 322 g/mol. The van der Waals surface area contributed by atoms with E-state index in [9.17, 15) is 4.79 Å². The molecule has 1 aromatic carbocycles. The molecule has 0 saturated heterocycles. The van der Waals surface area contributed by atoms with Crippen LogP contribution in [0.3, 0.4) is 0 Å². The summed E-state index contributed by atoms with van der Waals surface area (Å²) in [4.78, 5) is 16.5. The summed E-state index contributed by atoms with van der Waals surface area (Å²) in [6.07, 6.45) is 2.19. The minimum atomic E-state index is -0.782. The van der Waals surface area contributed by atoms with Gasteiger partial charge < -0.3 is 9.84 Å². The molecule has 2 rings (SSSR count). The van der Waals surface area contributed by atoms with Crippen LogP contribution in [0.4, 0.5) is 0 Å². The van der Waals surface area contributed by atoms with Gasteiger partial charge in [-0.1, -0.05) is 25.1 Å². The van der Waals surface area contributed by atoms with Gasteiger partial charge in [0.05, 0.1) is 17.0 Å². The van der Waals surface area contributed by atoms with E-state index in [2.05, 4.69) is 18.0 Å². The summed E-state index contributed by atoms with van der Waals surface area (Å²) in [6.45, 7) is 8.47. The van der Waals surface area contributed by atoms with E-state index < -0.39 is 5.97 Å². The van der Waals surface area contributed by atoms with Gasteiger partial charge in [0, 0.05) is 0 Å². The van der Waals surface area contributed by atoms with E-state index in [4.69, 9.17) is 9.84 Å². The van der Waals surface area contributed by atoms with Crippen molar-refractivity contribution in [1.29, 1.82) is 0 Å². The molecule has 0 aliphatic rings. The normalized spacial score (nSPS) is 12.9. The number of thiazole rings is 1. The molecule has 0 aliphatic carbocycles. The number of benzene rings is 1. The van der Waals surface area contributed by atoms with Gasteiger partial charge in [0.1, 0.15) is 17.4 Å². The molecule has 1 atom stereocenters. The van der Waals surface area contributed by atoms with Crippen molar-refractivity contribution in [3.05, 3.63) is 51.5 Å². The summed E-state index contributed by atoms with van der Waals surface area (Å²) >= 11 is 1.66. The minimum Gasteiger partial charge on any atom is -0.488 e. The van der Waals surface area contributed by atoms with Gasteiger partial charge in [0.25, 0.3) is 0 Å². The lowest BCUT2D eigenvalue weighted by Gasteiger charge is -2.10. The SMILES string of the molecule is C/C=C(\C)c1nc(C)c(COc2ccc(C(C)CC(=O)O)cc2)s1. The summed E-state index contributed by atoms with van der Waals surface area (Å²) in [7, 11) is 0. The summed E-state index contributed by atoms with van der Waals surface area (Å²) in [6, 6.07) is 7.64. The van der Waals surface area contributed by atoms with Crippen LogP contribution in [0.5, 0.6) is 5.75 Å². The first kappa shape index (κ1) is 18.2. The number of aromatic nitrogens is 1. The molecule has 24 heavy (non-hydrogen) atoms. The van der Waals surface area contributed by atoms with Crippen LogP contribution in [0.1, 0.15) is 54.3 Å². The zero-order chi connectivity index (χ0) is 17.7. The smallest absolute Gasteiger partial charge is 0.303 e. The quantitative estimate of drug-likeness (QED) is 0.764. The van der Waals surface area contributed by atoms with Gasteiger partial charge in [-0.25, -0.2) is 4.98 Å². The van der Waals surface area contributed by atoms with E-state index in [-0.39, 0.29) is 12.3 Å². The van der Waals surface area contributed by atoms with Crippen molar-refractivity contribution in [2.45, 2.75) is 46.6 Å². The van der Waals surface area contributed by atoms with E-state index in [1.165, 1.54) is 5.57 Å². The number of rotatable bonds is 7. The number of nitrogens with zero attached hydrogens (tertiary/aromatic N) is 1. The maximum atomic E-state index is 10.8. The number of carboxylic acids is 1. The lowest BCUT2D eigenvalue weighted by molar-refractivity contribution is -0.137. The molecule has 0 amide bonds. The summed E-state index contributed by atoms with van der Waals surface area (Å²) in [5.74, 6) is -0.0132. The molecule has 128 valence electrons. The molecular formula is C19H23NO3S. The van der Waals surface area contributed by atoms with Crippen molar-refractivity contribution in [1.82, 2.24) is 4.98 Å². The van der Waals surface area contributed by atoms with Crippen LogP contribution in [0.25, 0.3) is 5.57 Å². The number of carbonyl (C=O) groups is 1. The third kappa shape index (κ3) is 4.68. The Hall–Kier alpha value is -2.14. The summed E-state index contributed by atoms with van der Waals surface area (Å²) < 4.78 is 5.85. The van der Waals surface area contributed by atoms with Gasteiger partial charge in [0.15, 0.2) is 0 Å². The predicted octanol–water partition coefficient (Wildman–Crippen LogP) is 5.03. The van der Waals surface area contributed by atoms with Gasteiger partial charge in [-0.15, -0.1) is 11.3 Å². The Balaban J connectivity index is 2.00. The van der Waals surface area contributed by atoms with E-state index in [0.717, 1.165) is 26.9 Å².